The maximum absolute atomic E-state index is 12.0. The number of carbonyl (C=O) groups excluding carboxylic acids is 2. The van der Waals surface area contributed by atoms with E-state index in [1.54, 1.807) is 32.9 Å². The summed E-state index contributed by atoms with van der Waals surface area (Å²) < 4.78 is 11.5. The number of alkyl carbamates (subject to hydrolysis) is 1. The highest BCUT2D eigenvalue weighted by Gasteiger charge is 2.16. The SMILES string of the molecule is CC(C)(C)OC(=O)NCCNC(=O)c1cc2cc(Br)ccc2o1. The summed E-state index contributed by atoms with van der Waals surface area (Å²) in [5.74, 6) is -0.0984. The minimum atomic E-state index is -0.546. The van der Waals surface area contributed by atoms with Crippen LogP contribution in [0.1, 0.15) is 31.3 Å². The molecule has 0 bridgehead atoms. The van der Waals surface area contributed by atoms with Crippen LogP contribution in [-0.2, 0) is 4.74 Å². The van der Waals surface area contributed by atoms with E-state index in [-0.39, 0.29) is 24.8 Å². The molecule has 6 nitrogen and oxygen atoms in total. The van der Waals surface area contributed by atoms with Crippen LogP contribution < -0.4 is 10.6 Å². The number of hydrogen-bond acceptors (Lipinski definition) is 4. The van der Waals surface area contributed by atoms with Gasteiger partial charge in [-0.1, -0.05) is 15.9 Å². The minimum Gasteiger partial charge on any atom is -0.451 e. The van der Waals surface area contributed by atoms with Crippen LogP contribution in [0.5, 0.6) is 0 Å². The van der Waals surface area contributed by atoms with E-state index in [2.05, 4.69) is 26.6 Å². The van der Waals surface area contributed by atoms with Gasteiger partial charge < -0.3 is 19.8 Å². The molecule has 1 aromatic heterocycles. The molecule has 0 saturated carbocycles. The van der Waals surface area contributed by atoms with Crippen LogP contribution in [0.4, 0.5) is 4.79 Å². The lowest BCUT2D eigenvalue weighted by atomic mass is 10.2. The zero-order valence-corrected chi connectivity index (χ0v) is 14.8. The van der Waals surface area contributed by atoms with E-state index in [1.165, 1.54) is 0 Å². The summed E-state index contributed by atoms with van der Waals surface area (Å²) in [7, 11) is 0. The molecule has 0 aliphatic rings. The van der Waals surface area contributed by atoms with Gasteiger partial charge in [-0.05, 0) is 45.0 Å². The maximum Gasteiger partial charge on any atom is 0.407 e. The standard InChI is InChI=1S/C16H19BrN2O4/c1-16(2,3)23-15(21)19-7-6-18-14(20)13-9-10-8-11(17)4-5-12(10)22-13/h4-5,8-9H,6-7H2,1-3H3,(H,18,20)(H,19,21). The van der Waals surface area contributed by atoms with Crippen molar-refractivity contribution in [3.63, 3.8) is 0 Å². The van der Waals surface area contributed by atoms with Gasteiger partial charge in [-0.2, -0.15) is 0 Å². The predicted octanol–water partition coefficient (Wildman–Crippen LogP) is 3.45. The summed E-state index contributed by atoms with van der Waals surface area (Å²) >= 11 is 3.37. The van der Waals surface area contributed by atoms with Gasteiger partial charge in [-0.3, -0.25) is 4.79 Å². The molecule has 2 N–H and O–H groups in total. The van der Waals surface area contributed by atoms with Crippen molar-refractivity contribution in [2.45, 2.75) is 26.4 Å². The number of rotatable bonds is 4. The van der Waals surface area contributed by atoms with E-state index >= 15 is 0 Å². The fourth-order valence-corrected chi connectivity index (χ4v) is 2.25. The average Bonchev–Trinajstić information content (AvgIpc) is 2.84. The monoisotopic (exact) mass is 382 g/mol. The number of ether oxygens (including phenoxy) is 1. The summed E-state index contributed by atoms with van der Waals surface area (Å²) in [6.07, 6.45) is -0.514. The van der Waals surface area contributed by atoms with E-state index in [9.17, 15) is 9.59 Å². The van der Waals surface area contributed by atoms with Crippen LogP contribution >= 0.6 is 15.9 Å². The number of hydrogen-bond donors (Lipinski definition) is 2. The summed E-state index contributed by atoms with van der Waals surface area (Å²) in [5.41, 5.74) is 0.0980. The lowest BCUT2D eigenvalue weighted by Crippen LogP contribution is -2.37. The number of carbonyl (C=O) groups is 2. The molecule has 2 amide bonds. The van der Waals surface area contributed by atoms with Gasteiger partial charge in [0.05, 0.1) is 0 Å². The van der Waals surface area contributed by atoms with Crippen molar-refractivity contribution in [2.75, 3.05) is 13.1 Å². The van der Waals surface area contributed by atoms with Gasteiger partial charge in [0.1, 0.15) is 11.2 Å². The van der Waals surface area contributed by atoms with Crippen molar-refractivity contribution in [2.24, 2.45) is 0 Å². The molecular formula is C16H19BrN2O4. The van der Waals surface area contributed by atoms with E-state index in [0.29, 0.717) is 5.58 Å². The van der Waals surface area contributed by atoms with Gasteiger partial charge in [0.15, 0.2) is 5.76 Å². The zero-order chi connectivity index (χ0) is 17.0. The Morgan fingerprint density at radius 1 is 1.17 bits per heavy atom. The first-order valence-corrected chi connectivity index (χ1v) is 7.98. The van der Waals surface area contributed by atoms with Crippen LogP contribution in [0.3, 0.4) is 0 Å². The summed E-state index contributed by atoms with van der Waals surface area (Å²) in [4.78, 5) is 23.5. The van der Waals surface area contributed by atoms with Crippen molar-refractivity contribution in [3.05, 3.63) is 34.5 Å². The first kappa shape index (κ1) is 17.3. The second kappa shape index (κ2) is 7.04. The van der Waals surface area contributed by atoms with Gasteiger partial charge in [0.25, 0.3) is 5.91 Å². The fraction of sp³-hybridized carbons (Fsp3) is 0.375. The average molecular weight is 383 g/mol. The Hall–Kier alpha value is -2.02. The number of amides is 2. The Morgan fingerprint density at radius 2 is 1.87 bits per heavy atom. The molecule has 0 aliphatic heterocycles. The third-order valence-electron chi connectivity index (χ3n) is 2.78. The molecule has 0 unspecified atom stereocenters. The molecule has 124 valence electrons. The predicted molar refractivity (Wildman–Crippen MR) is 90.5 cm³/mol. The van der Waals surface area contributed by atoms with Gasteiger partial charge in [-0.15, -0.1) is 0 Å². The summed E-state index contributed by atoms with van der Waals surface area (Å²) in [6, 6.07) is 7.19. The Labute approximate surface area is 142 Å². The highest BCUT2D eigenvalue weighted by Crippen LogP contribution is 2.23. The molecule has 1 heterocycles. The van der Waals surface area contributed by atoms with Crippen LogP contribution in [0, 0.1) is 0 Å². The molecule has 7 heteroatoms. The van der Waals surface area contributed by atoms with Crippen LogP contribution in [0.15, 0.2) is 33.2 Å². The molecule has 2 rings (SSSR count). The number of fused-ring (bicyclic) bond motifs is 1. The number of furan rings is 1. The smallest absolute Gasteiger partial charge is 0.407 e. The van der Waals surface area contributed by atoms with Crippen molar-refractivity contribution in [1.29, 1.82) is 0 Å². The summed E-state index contributed by atoms with van der Waals surface area (Å²) in [6.45, 7) is 5.90. The quantitative estimate of drug-likeness (QED) is 0.793. The highest BCUT2D eigenvalue weighted by atomic mass is 79.9. The number of nitrogens with one attached hydrogen (secondary N) is 2. The molecule has 0 atom stereocenters. The van der Waals surface area contributed by atoms with Gasteiger partial charge in [-0.25, -0.2) is 4.79 Å². The molecule has 0 radical (unpaired) electrons. The van der Waals surface area contributed by atoms with Gasteiger partial charge in [0, 0.05) is 22.9 Å². The van der Waals surface area contributed by atoms with Gasteiger partial charge >= 0.3 is 6.09 Å². The van der Waals surface area contributed by atoms with Crippen LogP contribution in [-0.4, -0.2) is 30.7 Å². The van der Waals surface area contributed by atoms with Crippen LogP contribution in [0.2, 0.25) is 0 Å². The Morgan fingerprint density at radius 3 is 2.57 bits per heavy atom. The highest BCUT2D eigenvalue weighted by molar-refractivity contribution is 9.10. The Kier molecular flexibility index (Phi) is 5.30. The third kappa shape index (κ3) is 5.28. The molecular weight excluding hydrogens is 364 g/mol. The lowest BCUT2D eigenvalue weighted by molar-refractivity contribution is 0.0526. The van der Waals surface area contributed by atoms with Crippen LogP contribution in [0.25, 0.3) is 11.0 Å². The molecule has 23 heavy (non-hydrogen) atoms. The first-order chi connectivity index (χ1) is 10.7. The number of halogens is 1. The van der Waals surface area contributed by atoms with Crippen molar-refractivity contribution >= 4 is 38.9 Å². The second-order valence-electron chi connectivity index (χ2n) is 5.98. The van der Waals surface area contributed by atoms with Gasteiger partial charge in [0.2, 0.25) is 0 Å². The maximum atomic E-state index is 12.0. The topological polar surface area (TPSA) is 80.6 Å². The third-order valence-corrected chi connectivity index (χ3v) is 3.27. The summed E-state index contributed by atoms with van der Waals surface area (Å²) in [5, 5.41) is 6.09. The molecule has 0 saturated heterocycles. The molecule has 0 fully saturated rings. The van der Waals surface area contributed by atoms with E-state index < -0.39 is 11.7 Å². The molecule has 1 aromatic carbocycles. The van der Waals surface area contributed by atoms with E-state index in [1.807, 2.05) is 12.1 Å². The Balaban J connectivity index is 1.81. The normalized spacial score (nSPS) is 11.3. The second-order valence-corrected chi connectivity index (χ2v) is 6.89. The van der Waals surface area contributed by atoms with Crippen molar-refractivity contribution in [1.82, 2.24) is 10.6 Å². The minimum absolute atomic E-state index is 0.232. The van der Waals surface area contributed by atoms with Crippen molar-refractivity contribution in [3.8, 4) is 0 Å². The van der Waals surface area contributed by atoms with E-state index in [4.69, 9.17) is 9.15 Å². The zero-order valence-electron chi connectivity index (χ0n) is 13.2. The number of benzene rings is 1. The molecule has 2 aromatic rings. The lowest BCUT2D eigenvalue weighted by Gasteiger charge is -2.19. The molecule has 0 spiro atoms. The van der Waals surface area contributed by atoms with E-state index in [0.717, 1.165) is 9.86 Å². The first-order valence-electron chi connectivity index (χ1n) is 7.19. The largest absolute Gasteiger partial charge is 0.451 e. The molecule has 0 aliphatic carbocycles. The van der Waals surface area contributed by atoms with Crippen molar-refractivity contribution < 1.29 is 18.7 Å². The Bertz CT molecular complexity index is 718. The fourth-order valence-electron chi connectivity index (χ4n) is 1.87.